The van der Waals surface area contributed by atoms with Crippen LogP contribution in [0, 0.1) is 24.2 Å². The number of anilines is 1. The molecule has 3 aromatic rings. The number of nitrogens with one attached hydrogen (secondary N) is 1. The monoisotopic (exact) mass is 428 g/mol. The van der Waals surface area contributed by atoms with E-state index >= 15 is 0 Å². The molecule has 0 spiro atoms. The number of pyridine rings is 1. The molecule has 32 heavy (non-hydrogen) atoms. The van der Waals surface area contributed by atoms with E-state index < -0.39 is 0 Å². The fourth-order valence-electron chi connectivity index (χ4n) is 4.24. The van der Waals surface area contributed by atoms with Crippen LogP contribution in [-0.4, -0.2) is 30.6 Å². The second kappa shape index (κ2) is 9.69. The predicted octanol–water partition coefficient (Wildman–Crippen LogP) is 4.35. The first-order chi connectivity index (χ1) is 15.6. The number of fused-ring (bicyclic) bond motifs is 1. The number of aryl methyl sites for hydroxylation is 1. The third kappa shape index (κ3) is 4.67. The number of nitriles is 1. The van der Waals surface area contributed by atoms with E-state index in [1.807, 2.05) is 37.3 Å². The Morgan fingerprint density at radius 2 is 1.97 bits per heavy atom. The summed E-state index contributed by atoms with van der Waals surface area (Å²) in [7, 11) is 0. The fourth-order valence-corrected chi connectivity index (χ4v) is 4.24. The maximum atomic E-state index is 12.7. The molecular formula is C26H28N4O2. The van der Waals surface area contributed by atoms with E-state index in [0.717, 1.165) is 53.8 Å². The number of hydrogen-bond acceptors (Lipinski definition) is 5. The molecule has 2 heterocycles. The van der Waals surface area contributed by atoms with E-state index in [9.17, 15) is 10.1 Å². The third-order valence-corrected chi connectivity index (χ3v) is 6.01. The fraction of sp³-hybridized carbons (Fsp3) is 0.346. The lowest BCUT2D eigenvalue weighted by Gasteiger charge is -2.34. The average Bonchev–Trinajstić information content (AvgIpc) is 2.83. The van der Waals surface area contributed by atoms with Crippen LogP contribution >= 0.6 is 0 Å². The lowest BCUT2D eigenvalue weighted by Crippen LogP contribution is -2.40. The maximum absolute atomic E-state index is 12.7. The van der Waals surface area contributed by atoms with Gasteiger partial charge in [0.2, 0.25) is 5.91 Å². The van der Waals surface area contributed by atoms with Crippen LogP contribution in [0.2, 0.25) is 0 Å². The summed E-state index contributed by atoms with van der Waals surface area (Å²) in [6.45, 7) is 6.56. The van der Waals surface area contributed by atoms with Gasteiger partial charge in [0.15, 0.2) is 0 Å². The Balaban J connectivity index is 1.46. The van der Waals surface area contributed by atoms with Crippen molar-refractivity contribution in [2.75, 3.05) is 24.6 Å². The van der Waals surface area contributed by atoms with Crippen LogP contribution in [-0.2, 0) is 11.3 Å². The zero-order chi connectivity index (χ0) is 22.5. The van der Waals surface area contributed by atoms with Crippen molar-refractivity contribution in [2.45, 2.75) is 33.2 Å². The average molecular weight is 429 g/mol. The third-order valence-electron chi connectivity index (χ3n) is 6.01. The van der Waals surface area contributed by atoms with E-state index in [1.54, 1.807) is 6.20 Å². The Labute approximate surface area is 188 Å². The standard InChI is InChI=1S/C26H28N4O2/c1-3-32-22-8-9-24-23(14-22)25(21(15-27)17-28-24)30-12-10-20(11-13-30)26(31)29-16-19-6-4-18(2)5-7-19/h4-9,14,17,20H,3,10-13,16H2,1-2H3,(H,29,31). The maximum Gasteiger partial charge on any atom is 0.223 e. The summed E-state index contributed by atoms with van der Waals surface area (Å²) in [5, 5.41) is 13.7. The molecule has 0 bridgehead atoms. The molecular weight excluding hydrogens is 400 g/mol. The van der Waals surface area contributed by atoms with Crippen molar-refractivity contribution in [3.8, 4) is 11.8 Å². The zero-order valence-electron chi connectivity index (χ0n) is 18.6. The first kappa shape index (κ1) is 21.6. The number of piperidine rings is 1. The van der Waals surface area contributed by atoms with Crippen LogP contribution < -0.4 is 15.0 Å². The molecule has 1 amide bonds. The van der Waals surface area contributed by atoms with Gasteiger partial charge < -0.3 is 15.0 Å². The normalized spacial score (nSPS) is 14.2. The number of nitrogens with zero attached hydrogens (tertiary/aromatic N) is 3. The van der Waals surface area contributed by atoms with E-state index in [4.69, 9.17) is 4.74 Å². The Morgan fingerprint density at radius 1 is 1.22 bits per heavy atom. The predicted molar refractivity (Wildman–Crippen MR) is 126 cm³/mol. The number of rotatable bonds is 6. The second-order valence-electron chi connectivity index (χ2n) is 8.21. The van der Waals surface area contributed by atoms with Gasteiger partial charge in [-0.05, 0) is 50.5 Å². The number of amides is 1. The van der Waals surface area contributed by atoms with Crippen molar-refractivity contribution >= 4 is 22.5 Å². The molecule has 0 atom stereocenters. The minimum Gasteiger partial charge on any atom is -0.494 e. The molecule has 1 saturated heterocycles. The highest BCUT2D eigenvalue weighted by atomic mass is 16.5. The highest BCUT2D eigenvalue weighted by molar-refractivity contribution is 5.95. The molecule has 1 aliphatic rings. The number of benzene rings is 2. The quantitative estimate of drug-likeness (QED) is 0.632. The molecule has 1 aliphatic heterocycles. The van der Waals surface area contributed by atoms with E-state index in [1.165, 1.54) is 5.56 Å². The molecule has 4 rings (SSSR count). The van der Waals surface area contributed by atoms with Gasteiger partial charge in [0.25, 0.3) is 0 Å². The number of hydrogen-bond donors (Lipinski definition) is 1. The minimum absolute atomic E-state index is 0.0191. The first-order valence-electron chi connectivity index (χ1n) is 11.1. The van der Waals surface area contributed by atoms with Gasteiger partial charge >= 0.3 is 0 Å². The molecule has 1 fully saturated rings. The molecule has 0 radical (unpaired) electrons. The highest BCUT2D eigenvalue weighted by Crippen LogP contribution is 2.34. The van der Waals surface area contributed by atoms with E-state index in [0.29, 0.717) is 18.7 Å². The van der Waals surface area contributed by atoms with Crippen molar-refractivity contribution < 1.29 is 9.53 Å². The van der Waals surface area contributed by atoms with Crippen LogP contribution in [0.25, 0.3) is 10.9 Å². The Hall–Kier alpha value is -3.59. The number of carbonyl (C=O) groups excluding carboxylic acids is 1. The largest absolute Gasteiger partial charge is 0.494 e. The van der Waals surface area contributed by atoms with Crippen molar-refractivity contribution in [3.05, 3.63) is 65.4 Å². The summed E-state index contributed by atoms with van der Waals surface area (Å²) in [5.41, 5.74) is 4.58. The van der Waals surface area contributed by atoms with Crippen LogP contribution in [0.4, 0.5) is 5.69 Å². The van der Waals surface area contributed by atoms with E-state index in [2.05, 4.69) is 40.3 Å². The summed E-state index contributed by atoms with van der Waals surface area (Å²) in [5.74, 6) is 0.849. The summed E-state index contributed by atoms with van der Waals surface area (Å²) < 4.78 is 5.67. The number of ether oxygens (including phenoxy) is 1. The molecule has 0 saturated carbocycles. The van der Waals surface area contributed by atoms with Gasteiger partial charge in [-0.3, -0.25) is 9.78 Å². The number of aromatic nitrogens is 1. The summed E-state index contributed by atoms with van der Waals surface area (Å²) in [4.78, 5) is 19.4. The molecule has 164 valence electrons. The lowest BCUT2D eigenvalue weighted by molar-refractivity contribution is -0.125. The molecule has 1 N–H and O–H groups in total. The van der Waals surface area contributed by atoms with Crippen LogP contribution in [0.15, 0.2) is 48.7 Å². The van der Waals surface area contributed by atoms with Crippen LogP contribution in [0.5, 0.6) is 5.75 Å². The molecule has 0 aliphatic carbocycles. The van der Waals surface area contributed by atoms with E-state index in [-0.39, 0.29) is 11.8 Å². The molecule has 1 aromatic heterocycles. The molecule has 0 unspecified atom stereocenters. The minimum atomic E-state index is -0.0191. The van der Waals surface area contributed by atoms with Crippen molar-refractivity contribution in [1.82, 2.24) is 10.3 Å². The SMILES string of the molecule is CCOc1ccc2ncc(C#N)c(N3CCC(C(=O)NCc4ccc(C)cc4)CC3)c2c1. The lowest BCUT2D eigenvalue weighted by atomic mass is 9.94. The molecule has 6 heteroatoms. The first-order valence-corrected chi connectivity index (χ1v) is 11.1. The van der Waals surface area contributed by atoms with Crippen LogP contribution in [0.1, 0.15) is 36.5 Å². The van der Waals surface area contributed by atoms with Gasteiger partial charge in [-0.15, -0.1) is 0 Å². The van der Waals surface area contributed by atoms with Gasteiger partial charge in [0, 0.05) is 37.1 Å². The van der Waals surface area contributed by atoms with Gasteiger partial charge in [0.1, 0.15) is 11.8 Å². The Morgan fingerprint density at radius 3 is 2.66 bits per heavy atom. The van der Waals surface area contributed by atoms with Crippen molar-refractivity contribution in [3.63, 3.8) is 0 Å². The smallest absolute Gasteiger partial charge is 0.223 e. The van der Waals surface area contributed by atoms with Gasteiger partial charge in [0.05, 0.1) is 23.4 Å². The summed E-state index contributed by atoms with van der Waals surface area (Å²) in [6, 6.07) is 16.3. The summed E-state index contributed by atoms with van der Waals surface area (Å²) >= 11 is 0. The van der Waals surface area contributed by atoms with Gasteiger partial charge in [-0.2, -0.15) is 5.26 Å². The second-order valence-corrected chi connectivity index (χ2v) is 8.21. The Bertz CT molecular complexity index is 1140. The molecule has 2 aromatic carbocycles. The molecule has 6 nitrogen and oxygen atoms in total. The van der Waals surface area contributed by atoms with Crippen molar-refractivity contribution in [1.29, 1.82) is 5.26 Å². The Kier molecular flexibility index (Phi) is 6.55. The van der Waals surface area contributed by atoms with Crippen LogP contribution in [0.3, 0.4) is 0 Å². The van der Waals surface area contributed by atoms with Gasteiger partial charge in [-0.25, -0.2) is 0 Å². The summed E-state index contributed by atoms with van der Waals surface area (Å²) in [6.07, 6.45) is 3.14. The zero-order valence-corrected chi connectivity index (χ0v) is 18.6. The highest BCUT2D eigenvalue weighted by Gasteiger charge is 2.27. The number of carbonyl (C=O) groups is 1. The topological polar surface area (TPSA) is 78.2 Å². The van der Waals surface area contributed by atoms with Crippen molar-refractivity contribution in [2.24, 2.45) is 5.92 Å². The van der Waals surface area contributed by atoms with Gasteiger partial charge in [-0.1, -0.05) is 29.8 Å².